The van der Waals surface area contributed by atoms with E-state index in [1.54, 1.807) is 18.2 Å². The van der Waals surface area contributed by atoms with Crippen LogP contribution in [0.4, 0.5) is 5.69 Å². The molecule has 15 heteroatoms. The summed E-state index contributed by atoms with van der Waals surface area (Å²) in [4.78, 5) is 119. The van der Waals surface area contributed by atoms with Gasteiger partial charge in [-0.3, -0.25) is 33.6 Å². The number of ether oxygens (including phenoxy) is 2. The summed E-state index contributed by atoms with van der Waals surface area (Å²) in [5.41, 5.74) is 0.466. The number of amides is 4. The average molecular weight is 925 g/mol. The van der Waals surface area contributed by atoms with E-state index in [1.807, 2.05) is 25.1 Å². The fourth-order valence-corrected chi connectivity index (χ4v) is 8.33. The number of Topliss-reactive ketones (excluding diaryl/α,β-unsaturated/α-hetero) is 2. The summed E-state index contributed by atoms with van der Waals surface area (Å²) in [6.45, 7) is 17.4. The molecule has 0 aliphatic heterocycles. The maximum absolute atomic E-state index is 14.1. The number of ketones is 3. The SMILES string of the molecule is C=C(C)C(=O)COC(=O)c1ccc(C(=O)c2ccc(C(=O)OCC(=O)C(=C)C)c(C(=O)Nc3cccc(C(=O)NC4CC(C)(C)CC(C)(CNC(=O)c5cccc(C)c5)C4)c3)c2)cc1C(=O)NC. The van der Waals surface area contributed by atoms with Gasteiger partial charge in [0.15, 0.2) is 30.6 Å². The molecular formula is C53H56N4O11. The predicted molar refractivity (Wildman–Crippen MR) is 255 cm³/mol. The molecule has 0 heterocycles. The van der Waals surface area contributed by atoms with Crippen LogP contribution in [0.1, 0.15) is 138 Å². The Bertz CT molecular complexity index is 2750. The van der Waals surface area contributed by atoms with Crippen molar-refractivity contribution in [3.05, 3.63) is 159 Å². The van der Waals surface area contributed by atoms with Gasteiger partial charge in [-0.2, -0.15) is 0 Å². The number of rotatable bonds is 18. The van der Waals surface area contributed by atoms with Crippen molar-refractivity contribution in [2.45, 2.75) is 66.8 Å². The van der Waals surface area contributed by atoms with Crippen LogP contribution in [0.2, 0.25) is 0 Å². The maximum Gasteiger partial charge on any atom is 0.339 e. The van der Waals surface area contributed by atoms with Crippen LogP contribution in [0.3, 0.4) is 0 Å². The van der Waals surface area contributed by atoms with E-state index in [4.69, 9.17) is 9.47 Å². The van der Waals surface area contributed by atoms with Crippen LogP contribution in [-0.4, -0.2) is 85.8 Å². The van der Waals surface area contributed by atoms with Crippen molar-refractivity contribution in [3.63, 3.8) is 0 Å². The first kappa shape index (κ1) is 51.2. The lowest BCUT2D eigenvalue weighted by molar-refractivity contribution is -0.119. The minimum absolute atomic E-state index is 0.0840. The van der Waals surface area contributed by atoms with Crippen molar-refractivity contribution in [2.24, 2.45) is 10.8 Å². The van der Waals surface area contributed by atoms with Crippen molar-refractivity contribution in [2.75, 3.05) is 32.1 Å². The Balaban J connectivity index is 1.38. The van der Waals surface area contributed by atoms with Crippen LogP contribution >= 0.6 is 0 Å². The molecule has 1 aliphatic carbocycles. The van der Waals surface area contributed by atoms with Gasteiger partial charge >= 0.3 is 11.9 Å². The molecule has 0 spiro atoms. The van der Waals surface area contributed by atoms with Gasteiger partial charge in [0.2, 0.25) is 0 Å². The standard InChI is InChI=1S/C53H56N4O11/c1-30(2)43(58)26-67-50(65)39-18-16-33(22-41(39)48(63)54-9)45(60)34-17-19-40(51(66)68-27-44(59)31(3)4)42(23-34)49(64)56-37-15-11-14-36(21-37)47(62)57-38-24-52(6,7)28-53(8,25-38)29-55-46(61)35-13-10-12-32(5)20-35/h10-23,38H,1,3,24-29H2,2,4-9H3,(H,54,63)(H,55,61)(H,56,64)(H,57,62). The summed E-state index contributed by atoms with van der Waals surface area (Å²) in [5.74, 6) is -6.03. The molecule has 0 aromatic heterocycles. The first-order chi connectivity index (χ1) is 32.0. The van der Waals surface area contributed by atoms with Gasteiger partial charge in [-0.25, -0.2) is 9.59 Å². The molecule has 4 amide bonds. The van der Waals surface area contributed by atoms with Crippen LogP contribution in [-0.2, 0) is 19.1 Å². The maximum atomic E-state index is 14.1. The lowest BCUT2D eigenvalue weighted by Gasteiger charge is -2.47. The fraction of sp³-hybridized carbons (Fsp3) is 0.302. The van der Waals surface area contributed by atoms with Gasteiger partial charge in [-0.1, -0.05) is 69.8 Å². The Kier molecular flexibility index (Phi) is 16.3. The Hall–Kier alpha value is -7.81. The van der Waals surface area contributed by atoms with Crippen LogP contribution in [0.5, 0.6) is 0 Å². The number of hydrogen-bond acceptors (Lipinski definition) is 11. The summed E-state index contributed by atoms with van der Waals surface area (Å²) in [7, 11) is 1.32. The van der Waals surface area contributed by atoms with Crippen LogP contribution in [0.15, 0.2) is 109 Å². The highest BCUT2D eigenvalue weighted by Gasteiger charge is 2.42. The second-order valence-electron chi connectivity index (χ2n) is 18.3. The smallest absolute Gasteiger partial charge is 0.339 e. The van der Waals surface area contributed by atoms with E-state index >= 15 is 0 Å². The van der Waals surface area contributed by atoms with E-state index in [0.717, 1.165) is 24.1 Å². The molecule has 2 atom stereocenters. The van der Waals surface area contributed by atoms with Gasteiger partial charge in [0, 0.05) is 47.6 Å². The molecule has 1 saturated carbocycles. The Morgan fingerprint density at radius 2 is 1.15 bits per heavy atom. The molecule has 68 heavy (non-hydrogen) atoms. The molecule has 5 rings (SSSR count). The minimum atomic E-state index is -1.05. The molecule has 4 N–H and O–H groups in total. The van der Waals surface area contributed by atoms with Crippen molar-refractivity contribution < 1.29 is 52.6 Å². The lowest BCUT2D eigenvalue weighted by atomic mass is 9.62. The Morgan fingerprint density at radius 1 is 0.618 bits per heavy atom. The van der Waals surface area contributed by atoms with Gasteiger partial charge in [0.25, 0.3) is 23.6 Å². The summed E-state index contributed by atoms with van der Waals surface area (Å²) < 4.78 is 10.3. The van der Waals surface area contributed by atoms with E-state index in [0.29, 0.717) is 24.9 Å². The third kappa shape index (κ3) is 13.2. The Morgan fingerprint density at radius 3 is 1.68 bits per heavy atom. The van der Waals surface area contributed by atoms with Crippen molar-refractivity contribution in [3.8, 4) is 0 Å². The first-order valence-electron chi connectivity index (χ1n) is 21.8. The number of anilines is 1. The number of nitrogens with one attached hydrogen (secondary N) is 4. The van der Waals surface area contributed by atoms with Crippen molar-refractivity contribution in [1.82, 2.24) is 16.0 Å². The number of hydrogen-bond donors (Lipinski definition) is 4. The van der Waals surface area contributed by atoms with Gasteiger partial charge in [-0.05, 0) is 117 Å². The number of carbonyl (C=O) groups excluding carboxylic acids is 9. The van der Waals surface area contributed by atoms with E-state index < -0.39 is 60.2 Å². The second kappa shape index (κ2) is 21.7. The zero-order chi connectivity index (χ0) is 50.1. The molecule has 0 radical (unpaired) electrons. The van der Waals surface area contributed by atoms with Gasteiger partial charge in [-0.15, -0.1) is 0 Å². The van der Waals surface area contributed by atoms with E-state index in [9.17, 15) is 43.2 Å². The highest BCUT2D eigenvalue weighted by atomic mass is 16.5. The minimum Gasteiger partial charge on any atom is -0.454 e. The zero-order valence-corrected chi connectivity index (χ0v) is 39.3. The van der Waals surface area contributed by atoms with Crippen LogP contribution in [0, 0.1) is 17.8 Å². The normalized spacial score (nSPS) is 16.0. The summed E-state index contributed by atoms with van der Waals surface area (Å²) in [6, 6.07) is 20.4. The van der Waals surface area contributed by atoms with E-state index in [1.165, 1.54) is 57.3 Å². The molecule has 4 aromatic rings. The number of carbonyl (C=O) groups is 9. The molecule has 2 unspecified atom stereocenters. The topological polar surface area (TPSA) is 220 Å². The summed E-state index contributed by atoms with van der Waals surface area (Å²) in [6.07, 6.45) is 2.10. The Labute approximate surface area is 395 Å². The van der Waals surface area contributed by atoms with Crippen molar-refractivity contribution in [1.29, 1.82) is 0 Å². The number of esters is 2. The van der Waals surface area contributed by atoms with E-state index in [2.05, 4.69) is 55.2 Å². The molecule has 4 aromatic carbocycles. The molecule has 1 fully saturated rings. The molecule has 354 valence electrons. The van der Waals surface area contributed by atoms with Gasteiger partial charge < -0.3 is 30.7 Å². The van der Waals surface area contributed by atoms with Crippen LogP contribution < -0.4 is 21.3 Å². The predicted octanol–water partition coefficient (Wildman–Crippen LogP) is 7.19. The molecule has 0 saturated heterocycles. The number of benzene rings is 4. The van der Waals surface area contributed by atoms with Gasteiger partial charge in [0.05, 0.1) is 22.3 Å². The fourth-order valence-electron chi connectivity index (χ4n) is 8.33. The largest absolute Gasteiger partial charge is 0.454 e. The second-order valence-corrected chi connectivity index (χ2v) is 18.3. The molecule has 1 aliphatic rings. The van der Waals surface area contributed by atoms with Crippen LogP contribution in [0.25, 0.3) is 0 Å². The highest BCUT2D eigenvalue weighted by molar-refractivity contribution is 6.16. The van der Waals surface area contributed by atoms with Gasteiger partial charge in [0.1, 0.15) is 0 Å². The molecule has 0 bridgehead atoms. The van der Waals surface area contributed by atoms with E-state index in [-0.39, 0.29) is 78.6 Å². The molecule has 15 nitrogen and oxygen atoms in total. The quantitative estimate of drug-likeness (QED) is 0.0445. The third-order valence-electron chi connectivity index (χ3n) is 11.5. The highest BCUT2D eigenvalue weighted by Crippen LogP contribution is 2.46. The number of aryl methyl sites for hydroxylation is 1. The summed E-state index contributed by atoms with van der Waals surface area (Å²) in [5, 5.41) is 11.3. The monoisotopic (exact) mass is 924 g/mol. The third-order valence-corrected chi connectivity index (χ3v) is 11.5. The molecular weight excluding hydrogens is 869 g/mol. The summed E-state index contributed by atoms with van der Waals surface area (Å²) >= 11 is 0. The average Bonchev–Trinajstić information content (AvgIpc) is 3.29. The zero-order valence-electron chi connectivity index (χ0n) is 39.3. The first-order valence-corrected chi connectivity index (χ1v) is 21.8. The van der Waals surface area contributed by atoms with Crippen molar-refractivity contribution >= 4 is 58.6 Å². The lowest BCUT2D eigenvalue weighted by Crippen LogP contribution is -2.50.